The minimum atomic E-state index is -1.06. The van der Waals surface area contributed by atoms with Crippen LogP contribution < -0.4 is 20.3 Å². The van der Waals surface area contributed by atoms with Crippen LogP contribution in [-0.2, 0) is 14.4 Å². The van der Waals surface area contributed by atoms with Crippen molar-refractivity contribution in [1.29, 1.82) is 0 Å². The molecule has 3 amide bonds. The molecule has 0 unspecified atom stereocenters. The number of carbonyl (C=O) groups is 3. The van der Waals surface area contributed by atoms with Gasteiger partial charge in [-0.15, -0.1) is 0 Å². The largest absolute Gasteiger partial charge is 0.497 e. The first-order chi connectivity index (χ1) is 18.0. The molecule has 0 saturated heterocycles. The smallest absolute Gasteiger partial charge is 0.248 e. The lowest BCUT2D eigenvalue weighted by Gasteiger charge is -2.35. The van der Waals surface area contributed by atoms with E-state index in [1.165, 1.54) is 4.90 Å². The van der Waals surface area contributed by atoms with Crippen molar-refractivity contribution in [3.63, 3.8) is 0 Å². The van der Waals surface area contributed by atoms with Gasteiger partial charge in [-0.05, 0) is 57.0 Å². The Morgan fingerprint density at radius 1 is 1.11 bits per heavy atom. The summed E-state index contributed by atoms with van der Waals surface area (Å²) in [6.45, 7) is 7.49. The Bertz CT molecular complexity index is 1270. The molecule has 0 aliphatic heterocycles. The average molecular weight is 541 g/mol. The lowest BCUT2D eigenvalue weighted by atomic mass is 9.98. The molecule has 3 rings (SSSR count). The van der Waals surface area contributed by atoms with Gasteiger partial charge in [0.05, 0.1) is 17.8 Å². The second-order valence-electron chi connectivity index (χ2n) is 9.49. The van der Waals surface area contributed by atoms with Crippen LogP contribution in [0.25, 0.3) is 0 Å². The SMILES string of the molecule is CCC(C)(C)NC(=O)[C@@H](c1ccc(OC)cc1)N(C(=O)CCC(=O)Nc1cc(C)on1)c1ccccc1Cl. The van der Waals surface area contributed by atoms with Crippen LogP contribution in [0.5, 0.6) is 5.75 Å². The highest BCUT2D eigenvalue weighted by Gasteiger charge is 2.35. The highest BCUT2D eigenvalue weighted by Crippen LogP contribution is 2.35. The molecule has 202 valence electrons. The monoisotopic (exact) mass is 540 g/mol. The Morgan fingerprint density at radius 3 is 2.37 bits per heavy atom. The fraction of sp³-hybridized carbons (Fsp3) is 0.357. The Morgan fingerprint density at radius 2 is 1.79 bits per heavy atom. The summed E-state index contributed by atoms with van der Waals surface area (Å²) in [4.78, 5) is 41.5. The van der Waals surface area contributed by atoms with Crippen molar-refractivity contribution < 1.29 is 23.6 Å². The Balaban J connectivity index is 1.98. The van der Waals surface area contributed by atoms with E-state index >= 15 is 0 Å². The lowest BCUT2D eigenvalue weighted by Crippen LogP contribution is -2.50. The summed E-state index contributed by atoms with van der Waals surface area (Å²) in [5.74, 6) is 0.179. The standard InChI is InChI=1S/C28H33ClN4O5/c1-6-28(3,4)31-27(36)26(19-11-13-20(37-5)14-12-19)33(22-10-8-7-9-21(22)29)25(35)16-15-24(34)30-23-17-18(2)38-32-23/h7-14,17,26H,6,15-16H2,1-5H3,(H,31,36)(H,30,32,34)/t26-/m1/s1. The quantitative estimate of drug-likeness (QED) is 0.334. The van der Waals surface area contributed by atoms with Gasteiger partial charge in [0.25, 0.3) is 0 Å². The molecule has 0 radical (unpaired) electrons. The summed E-state index contributed by atoms with van der Waals surface area (Å²) in [5, 5.41) is 9.70. The molecule has 0 fully saturated rings. The molecule has 2 aromatic carbocycles. The number of nitrogens with zero attached hydrogens (tertiary/aromatic N) is 2. The first-order valence-electron chi connectivity index (χ1n) is 12.3. The molecule has 3 aromatic rings. The number of aromatic nitrogens is 1. The summed E-state index contributed by atoms with van der Waals surface area (Å²) in [6.07, 6.45) is 0.365. The van der Waals surface area contributed by atoms with Gasteiger partial charge >= 0.3 is 0 Å². The van der Waals surface area contributed by atoms with Gasteiger partial charge in [-0.25, -0.2) is 0 Å². The highest BCUT2D eigenvalue weighted by atomic mass is 35.5. The first-order valence-corrected chi connectivity index (χ1v) is 12.7. The minimum absolute atomic E-state index is 0.136. The number of carbonyl (C=O) groups excluding carboxylic acids is 3. The van der Waals surface area contributed by atoms with E-state index in [-0.39, 0.29) is 24.6 Å². The number of anilines is 2. The third-order valence-electron chi connectivity index (χ3n) is 6.13. The van der Waals surface area contributed by atoms with Crippen LogP contribution in [0.3, 0.4) is 0 Å². The number of ether oxygens (including phenoxy) is 1. The van der Waals surface area contributed by atoms with E-state index in [2.05, 4.69) is 15.8 Å². The van der Waals surface area contributed by atoms with Crippen molar-refractivity contribution >= 4 is 40.8 Å². The fourth-order valence-electron chi connectivity index (χ4n) is 3.73. The maximum Gasteiger partial charge on any atom is 0.248 e. The zero-order valence-corrected chi connectivity index (χ0v) is 23.0. The first kappa shape index (κ1) is 28.7. The summed E-state index contributed by atoms with van der Waals surface area (Å²) >= 11 is 6.54. The molecule has 0 aliphatic carbocycles. The van der Waals surface area contributed by atoms with Crippen molar-refractivity contribution in [2.75, 3.05) is 17.3 Å². The topological polar surface area (TPSA) is 114 Å². The molecule has 1 aromatic heterocycles. The van der Waals surface area contributed by atoms with Crippen molar-refractivity contribution in [1.82, 2.24) is 10.5 Å². The maximum atomic E-state index is 13.8. The van der Waals surface area contributed by atoms with Crippen LogP contribution in [-0.4, -0.2) is 35.5 Å². The maximum absolute atomic E-state index is 13.8. The Hall–Kier alpha value is -3.85. The van der Waals surface area contributed by atoms with E-state index in [1.807, 2.05) is 20.8 Å². The highest BCUT2D eigenvalue weighted by molar-refractivity contribution is 6.34. The number of benzene rings is 2. The number of hydrogen-bond acceptors (Lipinski definition) is 6. The molecule has 1 atom stereocenters. The molecule has 9 nitrogen and oxygen atoms in total. The predicted molar refractivity (Wildman–Crippen MR) is 146 cm³/mol. The molecule has 0 saturated carbocycles. The number of amides is 3. The summed E-state index contributed by atoms with van der Waals surface area (Å²) in [6, 6.07) is 14.2. The number of rotatable bonds is 11. The van der Waals surface area contributed by atoms with Crippen LogP contribution in [0.1, 0.15) is 57.4 Å². The molecule has 0 aliphatic rings. The van der Waals surface area contributed by atoms with Gasteiger partial charge in [-0.3, -0.25) is 19.3 Å². The fourth-order valence-corrected chi connectivity index (χ4v) is 3.96. The van der Waals surface area contributed by atoms with Crippen LogP contribution in [0.2, 0.25) is 5.02 Å². The Labute approximate surface area is 227 Å². The van der Waals surface area contributed by atoms with Gasteiger partial charge in [0.2, 0.25) is 17.7 Å². The number of halogens is 1. The van der Waals surface area contributed by atoms with Crippen molar-refractivity contribution in [2.45, 2.75) is 58.5 Å². The van der Waals surface area contributed by atoms with Crippen LogP contribution in [0, 0.1) is 6.92 Å². The molecule has 10 heteroatoms. The minimum Gasteiger partial charge on any atom is -0.497 e. The molecule has 0 spiro atoms. The van der Waals surface area contributed by atoms with E-state index < -0.39 is 23.4 Å². The van der Waals surface area contributed by atoms with E-state index in [1.54, 1.807) is 68.6 Å². The number of methoxy groups -OCH3 is 1. The van der Waals surface area contributed by atoms with Crippen molar-refractivity contribution in [2.24, 2.45) is 0 Å². The zero-order valence-electron chi connectivity index (χ0n) is 22.2. The molecule has 38 heavy (non-hydrogen) atoms. The predicted octanol–water partition coefficient (Wildman–Crippen LogP) is 5.44. The van der Waals surface area contributed by atoms with Crippen LogP contribution in [0.4, 0.5) is 11.5 Å². The molecular weight excluding hydrogens is 508 g/mol. The third kappa shape index (κ3) is 7.35. The zero-order chi connectivity index (χ0) is 27.9. The van der Waals surface area contributed by atoms with Crippen LogP contribution >= 0.6 is 11.6 Å². The molecular formula is C28H33ClN4O5. The number of hydrogen-bond donors (Lipinski definition) is 2. The van der Waals surface area contributed by atoms with Gasteiger partial charge in [0.15, 0.2) is 5.82 Å². The second-order valence-corrected chi connectivity index (χ2v) is 9.90. The number of para-hydroxylation sites is 1. The van der Waals surface area contributed by atoms with Crippen molar-refractivity contribution in [3.05, 3.63) is 70.9 Å². The van der Waals surface area contributed by atoms with Gasteiger partial charge in [-0.2, -0.15) is 0 Å². The second kappa shape index (κ2) is 12.6. The molecule has 2 N–H and O–H groups in total. The van der Waals surface area contributed by atoms with Gasteiger partial charge in [-0.1, -0.05) is 47.9 Å². The van der Waals surface area contributed by atoms with E-state index in [4.69, 9.17) is 20.9 Å². The van der Waals surface area contributed by atoms with Crippen LogP contribution in [0.15, 0.2) is 59.1 Å². The van der Waals surface area contributed by atoms with Crippen molar-refractivity contribution in [3.8, 4) is 5.75 Å². The van der Waals surface area contributed by atoms with Gasteiger partial charge in [0, 0.05) is 24.4 Å². The van der Waals surface area contributed by atoms with Gasteiger partial charge in [0.1, 0.15) is 17.6 Å². The number of aryl methyl sites for hydroxylation is 1. The average Bonchev–Trinajstić information content (AvgIpc) is 3.30. The summed E-state index contributed by atoms with van der Waals surface area (Å²) in [7, 11) is 1.55. The normalized spacial score (nSPS) is 11.9. The lowest BCUT2D eigenvalue weighted by molar-refractivity contribution is -0.128. The van der Waals surface area contributed by atoms with E-state index in [0.29, 0.717) is 34.2 Å². The molecule has 1 heterocycles. The number of nitrogens with one attached hydrogen (secondary N) is 2. The Kier molecular flexibility index (Phi) is 9.52. The van der Waals surface area contributed by atoms with E-state index in [0.717, 1.165) is 0 Å². The third-order valence-corrected chi connectivity index (χ3v) is 6.45. The summed E-state index contributed by atoms with van der Waals surface area (Å²) < 4.78 is 10.2. The summed E-state index contributed by atoms with van der Waals surface area (Å²) in [5.41, 5.74) is 0.398. The van der Waals surface area contributed by atoms with E-state index in [9.17, 15) is 14.4 Å². The van der Waals surface area contributed by atoms with Gasteiger partial charge < -0.3 is 19.9 Å². The molecule has 0 bridgehead atoms.